The molecule has 1 amide bonds. The van der Waals surface area contributed by atoms with Crippen LogP contribution in [0.1, 0.15) is 32.8 Å². The average Bonchev–Trinajstić information content (AvgIpc) is 2.86. The Kier molecular flexibility index (Phi) is 4.66. The van der Waals surface area contributed by atoms with Gasteiger partial charge in [-0.2, -0.15) is 0 Å². The second-order valence-electron chi connectivity index (χ2n) is 6.31. The van der Waals surface area contributed by atoms with E-state index in [4.69, 9.17) is 4.74 Å². The first-order valence-electron chi connectivity index (χ1n) is 7.07. The molecule has 1 aromatic rings. The van der Waals surface area contributed by atoms with Crippen LogP contribution in [0.5, 0.6) is 0 Å². The van der Waals surface area contributed by atoms with E-state index < -0.39 is 16.4 Å². The van der Waals surface area contributed by atoms with Crippen LogP contribution >= 0.6 is 0 Å². The van der Waals surface area contributed by atoms with Gasteiger partial charge in [0.15, 0.2) is 0 Å². The lowest BCUT2D eigenvalue weighted by molar-refractivity contribution is 0.0295. The third-order valence-electron chi connectivity index (χ3n) is 3.19. The Morgan fingerprint density at radius 2 is 2.14 bits per heavy atom. The minimum Gasteiger partial charge on any atom is -0.444 e. The highest BCUT2D eigenvalue weighted by atomic mass is 32.2. The van der Waals surface area contributed by atoms with E-state index in [0.29, 0.717) is 24.5 Å². The van der Waals surface area contributed by atoms with Crippen molar-refractivity contribution >= 4 is 16.9 Å². The number of aromatic nitrogens is 1. The lowest BCUT2D eigenvalue weighted by Gasteiger charge is -2.24. The molecule has 1 aromatic heterocycles. The fourth-order valence-electron chi connectivity index (χ4n) is 2.14. The van der Waals surface area contributed by atoms with Gasteiger partial charge < -0.3 is 9.64 Å². The highest BCUT2D eigenvalue weighted by Gasteiger charge is 2.33. The van der Waals surface area contributed by atoms with Crippen molar-refractivity contribution in [1.29, 1.82) is 0 Å². The van der Waals surface area contributed by atoms with Gasteiger partial charge in [0.2, 0.25) is 0 Å². The number of carbonyl (C=O) groups is 1. The maximum absolute atomic E-state index is 12.5. The van der Waals surface area contributed by atoms with Crippen molar-refractivity contribution < 1.29 is 13.7 Å². The standard InChI is InChI=1S/C15H22N2O3S/c1-11-5-6-13(16-9-11)21(19)12-7-8-17(10-12)14(18)20-15(2,3)4/h5-6,9,12H,7-8,10H2,1-4H3/t12-,21+/m1/s1. The number of amides is 1. The monoisotopic (exact) mass is 310 g/mol. The third kappa shape index (κ3) is 4.27. The molecule has 116 valence electrons. The summed E-state index contributed by atoms with van der Waals surface area (Å²) in [4.78, 5) is 17.8. The number of carbonyl (C=O) groups excluding carboxylic acids is 1. The first kappa shape index (κ1) is 15.9. The summed E-state index contributed by atoms with van der Waals surface area (Å²) in [5.41, 5.74) is 0.532. The number of pyridine rings is 1. The van der Waals surface area contributed by atoms with Crippen LogP contribution in [0.2, 0.25) is 0 Å². The minimum absolute atomic E-state index is 0.0762. The fraction of sp³-hybridized carbons (Fsp3) is 0.600. The number of nitrogens with zero attached hydrogens (tertiary/aromatic N) is 2. The molecule has 0 N–H and O–H groups in total. The number of likely N-dealkylation sites (tertiary alicyclic amines) is 1. The van der Waals surface area contributed by atoms with Crippen molar-refractivity contribution in [3.63, 3.8) is 0 Å². The van der Waals surface area contributed by atoms with Crippen LogP contribution in [-0.2, 0) is 15.5 Å². The molecule has 1 fully saturated rings. The average molecular weight is 310 g/mol. The lowest BCUT2D eigenvalue weighted by atomic mass is 10.2. The topological polar surface area (TPSA) is 59.5 Å². The van der Waals surface area contributed by atoms with Gasteiger partial charge in [0.05, 0.1) is 16.0 Å². The normalized spacial score (nSPS) is 20.4. The van der Waals surface area contributed by atoms with Crippen LogP contribution in [-0.4, -0.2) is 44.1 Å². The van der Waals surface area contributed by atoms with Gasteiger partial charge in [0.25, 0.3) is 0 Å². The van der Waals surface area contributed by atoms with Crippen molar-refractivity contribution in [3.8, 4) is 0 Å². The first-order valence-corrected chi connectivity index (χ1v) is 8.29. The Bertz CT molecular complexity index is 537. The summed E-state index contributed by atoms with van der Waals surface area (Å²) < 4.78 is 17.8. The molecule has 0 radical (unpaired) electrons. The number of rotatable bonds is 2. The quantitative estimate of drug-likeness (QED) is 0.842. The molecule has 1 aliphatic heterocycles. The molecule has 0 saturated carbocycles. The van der Waals surface area contributed by atoms with E-state index in [1.807, 2.05) is 33.8 Å². The third-order valence-corrected chi connectivity index (χ3v) is 4.83. The van der Waals surface area contributed by atoms with Gasteiger partial charge in [0, 0.05) is 19.3 Å². The minimum atomic E-state index is -1.19. The lowest BCUT2D eigenvalue weighted by Crippen LogP contribution is -2.36. The Balaban J connectivity index is 1.97. The second kappa shape index (κ2) is 6.13. The number of ether oxygens (including phenoxy) is 1. The van der Waals surface area contributed by atoms with Crippen LogP contribution in [0.4, 0.5) is 4.79 Å². The van der Waals surface area contributed by atoms with Crippen molar-refractivity contribution in [2.75, 3.05) is 13.1 Å². The van der Waals surface area contributed by atoms with E-state index in [1.165, 1.54) is 0 Å². The predicted molar refractivity (Wildman–Crippen MR) is 81.6 cm³/mol. The van der Waals surface area contributed by atoms with Gasteiger partial charge >= 0.3 is 6.09 Å². The van der Waals surface area contributed by atoms with E-state index >= 15 is 0 Å². The van der Waals surface area contributed by atoms with E-state index in [0.717, 1.165) is 5.56 Å². The van der Waals surface area contributed by atoms with Gasteiger partial charge in [-0.05, 0) is 45.7 Å². The van der Waals surface area contributed by atoms with Gasteiger partial charge in [-0.3, -0.25) is 4.21 Å². The van der Waals surface area contributed by atoms with Crippen LogP contribution in [0.25, 0.3) is 0 Å². The molecule has 0 spiro atoms. The van der Waals surface area contributed by atoms with Crippen LogP contribution < -0.4 is 0 Å². The van der Waals surface area contributed by atoms with Crippen molar-refractivity contribution in [3.05, 3.63) is 23.9 Å². The summed E-state index contributed by atoms with van der Waals surface area (Å²) in [6.07, 6.45) is 2.09. The summed E-state index contributed by atoms with van der Waals surface area (Å²) in [6.45, 7) is 8.50. The van der Waals surface area contributed by atoms with Crippen molar-refractivity contribution in [2.24, 2.45) is 0 Å². The van der Waals surface area contributed by atoms with Gasteiger partial charge in [-0.1, -0.05) is 6.07 Å². The van der Waals surface area contributed by atoms with E-state index in [-0.39, 0.29) is 11.3 Å². The second-order valence-corrected chi connectivity index (χ2v) is 7.99. The maximum atomic E-state index is 12.5. The zero-order valence-electron chi connectivity index (χ0n) is 13.0. The van der Waals surface area contributed by atoms with E-state index in [1.54, 1.807) is 17.2 Å². The molecule has 2 atom stereocenters. The number of hydrogen-bond acceptors (Lipinski definition) is 4. The van der Waals surface area contributed by atoms with Crippen LogP contribution in [0, 0.1) is 6.92 Å². The van der Waals surface area contributed by atoms with Crippen molar-refractivity contribution in [2.45, 2.75) is 50.0 Å². The summed E-state index contributed by atoms with van der Waals surface area (Å²) >= 11 is 0. The Labute approximate surface area is 128 Å². The molecule has 5 nitrogen and oxygen atoms in total. The van der Waals surface area contributed by atoms with Crippen LogP contribution in [0.15, 0.2) is 23.4 Å². The summed E-state index contributed by atoms with van der Waals surface area (Å²) in [6, 6.07) is 3.70. The number of hydrogen-bond donors (Lipinski definition) is 0. The Morgan fingerprint density at radius 1 is 1.43 bits per heavy atom. The molecule has 0 aliphatic carbocycles. The van der Waals surface area contributed by atoms with Gasteiger partial charge in [-0.25, -0.2) is 9.78 Å². The molecule has 6 heteroatoms. The highest BCUT2D eigenvalue weighted by molar-refractivity contribution is 7.85. The summed E-state index contributed by atoms with van der Waals surface area (Å²) in [7, 11) is -1.19. The van der Waals surface area contributed by atoms with Gasteiger partial charge in [0.1, 0.15) is 10.6 Å². The molecular formula is C15H22N2O3S. The van der Waals surface area contributed by atoms with Crippen LogP contribution in [0.3, 0.4) is 0 Å². The van der Waals surface area contributed by atoms with Gasteiger partial charge in [-0.15, -0.1) is 0 Å². The molecule has 2 heterocycles. The summed E-state index contributed by atoms with van der Waals surface area (Å²) in [5, 5.41) is 0.504. The fourth-order valence-corrected chi connectivity index (χ4v) is 3.47. The maximum Gasteiger partial charge on any atom is 0.410 e. The largest absolute Gasteiger partial charge is 0.444 e. The molecule has 1 aliphatic rings. The first-order chi connectivity index (χ1) is 9.76. The van der Waals surface area contributed by atoms with Crippen molar-refractivity contribution in [1.82, 2.24) is 9.88 Å². The zero-order valence-corrected chi connectivity index (χ0v) is 13.8. The Morgan fingerprint density at radius 3 is 2.71 bits per heavy atom. The summed E-state index contributed by atoms with van der Waals surface area (Å²) in [5.74, 6) is 0. The number of aryl methyl sites for hydroxylation is 1. The Hall–Kier alpha value is -1.43. The molecule has 0 bridgehead atoms. The zero-order chi connectivity index (χ0) is 15.6. The molecule has 2 rings (SSSR count). The predicted octanol–water partition coefficient (Wildman–Crippen LogP) is 2.51. The van der Waals surface area contributed by atoms with E-state index in [2.05, 4.69) is 4.98 Å². The highest BCUT2D eigenvalue weighted by Crippen LogP contribution is 2.21. The molecule has 1 saturated heterocycles. The molecule has 21 heavy (non-hydrogen) atoms. The molecule has 0 unspecified atom stereocenters. The molecule has 0 aromatic carbocycles. The van der Waals surface area contributed by atoms with E-state index in [9.17, 15) is 9.00 Å². The SMILES string of the molecule is Cc1ccc([S@@](=O)[C@@H]2CCN(C(=O)OC(C)(C)C)C2)nc1. The smallest absolute Gasteiger partial charge is 0.410 e. The molecular weight excluding hydrogens is 288 g/mol.